The van der Waals surface area contributed by atoms with E-state index >= 15 is 0 Å². The van der Waals surface area contributed by atoms with Crippen molar-refractivity contribution < 1.29 is 14.3 Å². The third kappa shape index (κ3) is 4.81. The third-order valence-corrected chi connectivity index (χ3v) is 6.62. The minimum Gasteiger partial charge on any atom is -0.380 e. The summed E-state index contributed by atoms with van der Waals surface area (Å²) in [5, 5.41) is 5.93. The smallest absolute Gasteiger partial charge is 0.322 e. The zero-order valence-electron chi connectivity index (χ0n) is 19.2. The molecule has 2 aromatic rings. The molecule has 0 aromatic heterocycles. The molecule has 2 aromatic carbocycles. The SMILES string of the molecule is Bc1ccc(NC(=O)N2C[C@H](OC)C[C@@H]2C(=O)Nc2ccc3c(c2)CC(C)N(C)C3)cc1. The van der Waals surface area contributed by atoms with E-state index in [9.17, 15) is 9.59 Å². The summed E-state index contributed by atoms with van der Waals surface area (Å²) in [5.41, 5.74) is 5.15. The Labute approximate surface area is 190 Å². The Morgan fingerprint density at radius 2 is 1.78 bits per heavy atom. The van der Waals surface area contributed by atoms with Crippen LogP contribution >= 0.6 is 0 Å². The van der Waals surface area contributed by atoms with Gasteiger partial charge in [-0.05, 0) is 55.8 Å². The average molecular weight is 434 g/mol. The van der Waals surface area contributed by atoms with Gasteiger partial charge in [-0.1, -0.05) is 23.7 Å². The first-order chi connectivity index (χ1) is 15.3. The quantitative estimate of drug-likeness (QED) is 0.717. The molecule has 0 bridgehead atoms. The summed E-state index contributed by atoms with van der Waals surface area (Å²) in [7, 11) is 5.74. The highest BCUT2D eigenvalue weighted by Crippen LogP contribution is 2.27. The van der Waals surface area contributed by atoms with Crippen LogP contribution in [-0.2, 0) is 22.5 Å². The van der Waals surface area contributed by atoms with Gasteiger partial charge >= 0.3 is 6.03 Å². The highest BCUT2D eigenvalue weighted by molar-refractivity contribution is 6.32. The van der Waals surface area contributed by atoms with Crippen LogP contribution in [0.15, 0.2) is 42.5 Å². The van der Waals surface area contributed by atoms with E-state index in [1.807, 2.05) is 38.2 Å². The van der Waals surface area contributed by atoms with Crippen LogP contribution < -0.4 is 16.1 Å². The molecule has 0 saturated carbocycles. The molecule has 8 heteroatoms. The number of likely N-dealkylation sites (N-methyl/N-ethyl adjacent to an activating group) is 1. The molecular formula is C24H31BN4O3. The van der Waals surface area contributed by atoms with Crippen molar-refractivity contribution in [2.45, 2.75) is 44.5 Å². The summed E-state index contributed by atoms with van der Waals surface area (Å²) in [6, 6.07) is 13.3. The maximum Gasteiger partial charge on any atom is 0.322 e. The lowest BCUT2D eigenvalue weighted by atomic mass is 9.95. The Kier molecular flexibility index (Phi) is 6.53. The number of urea groups is 1. The van der Waals surface area contributed by atoms with Crippen molar-refractivity contribution in [2.75, 3.05) is 31.3 Å². The summed E-state index contributed by atoms with van der Waals surface area (Å²) in [6.45, 7) is 3.50. The zero-order valence-corrected chi connectivity index (χ0v) is 19.2. The van der Waals surface area contributed by atoms with Crippen LogP contribution in [0.1, 0.15) is 24.5 Å². The van der Waals surface area contributed by atoms with Gasteiger partial charge in [0.15, 0.2) is 0 Å². The Balaban J connectivity index is 1.46. The second-order valence-corrected chi connectivity index (χ2v) is 9.00. The molecule has 0 spiro atoms. The number of anilines is 2. The van der Waals surface area contributed by atoms with Crippen LogP contribution in [0.5, 0.6) is 0 Å². The number of rotatable bonds is 4. The molecule has 32 heavy (non-hydrogen) atoms. The first kappa shape index (κ1) is 22.4. The van der Waals surface area contributed by atoms with Gasteiger partial charge in [0.1, 0.15) is 13.9 Å². The molecule has 4 rings (SSSR count). The van der Waals surface area contributed by atoms with Crippen LogP contribution in [0.4, 0.5) is 16.2 Å². The monoisotopic (exact) mass is 434 g/mol. The first-order valence-electron chi connectivity index (χ1n) is 11.1. The molecular weight excluding hydrogens is 403 g/mol. The molecule has 1 saturated heterocycles. The van der Waals surface area contributed by atoms with Crippen molar-refractivity contribution in [3.8, 4) is 0 Å². The average Bonchev–Trinajstić information content (AvgIpc) is 3.21. The number of hydrogen-bond donors (Lipinski definition) is 2. The Hall–Kier alpha value is -2.84. The van der Waals surface area contributed by atoms with E-state index < -0.39 is 6.04 Å². The van der Waals surface area contributed by atoms with E-state index in [1.54, 1.807) is 12.0 Å². The highest BCUT2D eigenvalue weighted by Gasteiger charge is 2.40. The van der Waals surface area contributed by atoms with E-state index in [1.165, 1.54) is 11.1 Å². The van der Waals surface area contributed by atoms with Crippen molar-refractivity contribution in [3.63, 3.8) is 0 Å². The van der Waals surface area contributed by atoms with Gasteiger partial charge in [-0.25, -0.2) is 4.79 Å². The van der Waals surface area contributed by atoms with Crippen molar-refractivity contribution >= 4 is 36.6 Å². The second kappa shape index (κ2) is 9.34. The fourth-order valence-corrected chi connectivity index (χ4v) is 4.45. The molecule has 7 nitrogen and oxygen atoms in total. The third-order valence-electron chi connectivity index (χ3n) is 6.62. The number of amides is 3. The van der Waals surface area contributed by atoms with Crippen molar-refractivity contribution in [3.05, 3.63) is 53.6 Å². The lowest BCUT2D eigenvalue weighted by Gasteiger charge is -2.32. The molecule has 0 aliphatic carbocycles. The van der Waals surface area contributed by atoms with Crippen LogP contribution in [0.2, 0.25) is 0 Å². The number of carbonyl (C=O) groups is 2. The largest absolute Gasteiger partial charge is 0.380 e. The molecule has 2 aliphatic heterocycles. The maximum absolute atomic E-state index is 13.2. The first-order valence-corrected chi connectivity index (χ1v) is 11.1. The topological polar surface area (TPSA) is 73.9 Å². The lowest BCUT2D eigenvalue weighted by molar-refractivity contribution is -0.119. The second-order valence-electron chi connectivity index (χ2n) is 9.00. The number of benzene rings is 2. The maximum atomic E-state index is 13.2. The predicted octanol–water partition coefficient (Wildman–Crippen LogP) is 1.58. The van der Waals surface area contributed by atoms with E-state index in [4.69, 9.17) is 4.74 Å². The van der Waals surface area contributed by atoms with Crippen LogP contribution in [0, 0.1) is 0 Å². The summed E-state index contributed by atoms with van der Waals surface area (Å²) >= 11 is 0. The van der Waals surface area contributed by atoms with Crippen molar-refractivity contribution in [1.29, 1.82) is 0 Å². The summed E-state index contributed by atoms with van der Waals surface area (Å²) in [5.74, 6) is -0.190. The summed E-state index contributed by atoms with van der Waals surface area (Å²) < 4.78 is 5.48. The summed E-state index contributed by atoms with van der Waals surface area (Å²) in [4.78, 5) is 30.0. The molecule has 168 valence electrons. The number of nitrogens with one attached hydrogen (secondary N) is 2. The highest BCUT2D eigenvalue weighted by atomic mass is 16.5. The number of methoxy groups -OCH3 is 1. The Morgan fingerprint density at radius 1 is 1.06 bits per heavy atom. The van der Waals surface area contributed by atoms with Gasteiger partial charge in [0.2, 0.25) is 5.91 Å². The van der Waals surface area contributed by atoms with Crippen molar-refractivity contribution in [2.24, 2.45) is 0 Å². The van der Waals surface area contributed by atoms with Gasteiger partial charge in [-0.15, -0.1) is 0 Å². The van der Waals surface area contributed by atoms with E-state index in [2.05, 4.69) is 41.6 Å². The van der Waals surface area contributed by atoms with Crippen molar-refractivity contribution in [1.82, 2.24) is 9.80 Å². The van der Waals surface area contributed by atoms with Gasteiger partial charge in [0.25, 0.3) is 0 Å². The van der Waals surface area contributed by atoms with Gasteiger partial charge in [0.05, 0.1) is 6.10 Å². The molecule has 2 aliphatic rings. The van der Waals surface area contributed by atoms with Gasteiger partial charge < -0.3 is 20.3 Å². The number of hydrogen-bond acceptors (Lipinski definition) is 4. The van der Waals surface area contributed by atoms with E-state index in [-0.39, 0.29) is 18.0 Å². The molecule has 0 radical (unpaired) electrons. The van der Waals surface area contributed by atoms with E-state index in [0.717, 1.165) is 24.1 Å². The van der Waals surface area contributed by atoms with Gasteiger partial charge in [0, 0.05) is 44.0 Å². The molecule has 3 atom stereocenters. The lowest BCUT2D eigenvalue weighted by Crippen LogP contribution is -2.45. The van der Waals surface area contributed by atoms with Crippen LogP contribution in [-0.4, -0.2) is 68.5 Å². The fraction of sp³-hybridized carbons (Fsp3) is 0.417. The predicted molar refractivity (Wildman–Crippen MR) is 129 cm³/mol. The van der Waals surface area contributed by atoms with Gasteiger partial charge in [-0.2, -0.15) is 0 Å². The Bertz CT molecular complexity index is 997. The van der Waals surface area contributed by atoms with Gasteiger partial charge in [-0.3, -0.25) is 9.69 Å². The number of carbonyl (C=O) groups excluding carboxylic acids is 2. The zero-order chi connectivity index (χ0) is 22.8. The summed E-state index contributed by atoms with van der Waals surface area (Å²) in [6.07, 6.45) is 1.25. The van der Waals surface area contributed by atoms with Crippen LogP contribution in [0.25, 0.3) is 0 Å². The molecule has 1 unspecified atom stereocenters. The van der Waals surface area contributed by atoms with Crippen LogP contribution in [0.3, 0.4) is 0 Å². The molecule has 1 fully saturated rings. The van der Waals surface area contributed by atoms with E-state index in [0.29, 0.717) is 24.7 Å². The minimum atomic E-state index is -0.591. The molecule has 2 N–H and O–H groups in total. The normalized spacial score (nSPS) is 23.0. The number of likely N-dealkylation sites (tertiary alicyclic amines) is 1. The number of ether oxygens (including phenoxy) is 1. The standard InChI is InChI=1S/C24H31BN4O3/c1-15-10-17-11-20(7-4-16(17)13-28(15)2)26-23(30)22-12-21(32-3)14-29(22)24(31)27-19-8-5-18(25)6-9-19/h4-9,11,15,21-22H,10,12-14,25H2,1-3H3,(H,26,30)(H,27,31)/t15?,21-,22-/m1/s1. The molecule has 3 amide bonds. The Morgan fingerprint density at radius 3 is 2.50 bits per heavy atom. The number of nitrogens with zero attached hydrogens (tertiary/aromatic N) is 2. The number of fused-ring (bicyclic) bond motifs is 1. The molecule has 2 heterocycles. The fourth-order valence-electron chi connectivity index (χ4n) is 4.45. The minimum absolute atomic E-state index is 0.172.